The molecule has 2 aromatic heterocycles. The maximum Gasteiger partial charge on any atom is 0.255 e. The summed E-state index contributed by atoms with van der Waals surface area (Å²) in [6.07, 6.45) is 3.18. The van der Waals surface area contributed by atoms with Gasteiger partial charge in [0.25, 0.3) is 5.91 Å². The summed E-state index contributed by atoms with van der Waals surface area (Å²) in [5.74, 6) is -0.0262. The van der Waals surface area contributed by atoms with E-state index in [1.165, 1.54) is 12.3 Å². The van der Waals surface area contributed by atoms with E-state index in [1.54, 1.807) is 53.3 Å². The molecule has 4 rings (SSSR count). The molecule has 2 aromatic carbocycles. The molecule has 30 heavy (non-hydrogen) atoms. The molecule has 0 bridgehead atoms. The largest absolute Gasteiger partial charge is 0.487 e. The van der Waals surface area contributed by atoms with Crippen molar-refractivity contribution in [1.29, 1.82) is 0 Å². The molecule has 1 N–H and O–H groups in total. The van der Waals surface area contributed by atoms with Crippen LogP contribution in [0.2, 0.25) is 0 Å². The number of benzene rings is 2. The van der Waals surface area contributed by atoms with Gasteiger partial charge in [-0.2, -0.15) is 13.8 Å². The van der Waals surface area contributed by atoms with E-state index in [0.29, 0.717) is 22.6 Å². The molecule has 7 nitrogen and oxygen atoms in total. The van der Waals surface area contributed by atoms with E-state index in [2.05, 4.69) is 19.2 Å². The van der Waals surface area contributed by atoms with Crippen molar-refractivity contribution in [3.8, 4) is 5.75 Å². The Bertz CT molecular complexity index is 1170. The Morgan fingerprint density at radius 2 is 2.07 bits per heavy atom. The number of ether oxygens (including phenoxy) is 1. The van der Waals surface area contributed by atoms with E-state index >= 15 is 0 Å². The van der Waals surface area contributed by atoms with Crippen LogP contribution in [-0.2, 0) is 13.2 Å². The molecule has 0 atom stereocenters. The van der Waals surface area contributed by atoms with Crippen LogP contribution in [0.4, 0.5) is 10.1 Å². The number of aromatic nitrogens is 4. The third-order valence-corrected chi connectivity index (χ3v) is 5.06. The quantitative estimate of drug-likeness (QED) is 0.485. The first-order valence-corrected chi connectivity index (χ1v) is 9.89. The average molecular weight is 423 g/mol. The number of carbonyl (C=O) groups is 1. The summed E-state index contributed by atoms with van der Waals surface area (Å²) in [6.45, 7) is 2.44. The first kappa shape index (κ1) is 19.7. The van der Waals surface area contributed by atoms with Gasteiger partial charge in [0.1, 0.15) is 23.9 Å². The number of amides is 1. The highest BCUT2D eigenvalue weighted by atomic mass is 32.1. The first-order chi connectivity index (χ1) is 14.6. The maximum atomic E-state index is 13.8. The van der Waals surface area contributed by atoms with Crippen LogP contribution in [0, 0.1) is 12.7 Å². The highest BCUT2D eigenvalue weighted by Gasteiger charge is 2.11. The molecule has 0 fully saturated rings. The van der Waals surface area contributed by atoms with Crippen molar-refractivity contribution in [2.24, 2.45) is 0 Å². The predicted octanol–water partition coefficient (Wildman–Crippen LogP) is 4.06. The third-order valence-electron chi connectivity index (χ3n) is 4.40. The van der Waals surface area contributed by atoms with E-state index < -0.39 is 0 Å². The number of halogens is 1. The maximum absolute atomic E-state index is 13.8. The summed E-state index contributed by atoms with van der Waals surface area (Å²) in [5, 5.41) is 6.97. The zero-order chi connectivity index (χ0) is 20.9. The molecule has 152 valence electrons. The monoisotopic (exact) mass is 423 g/mol. The van der Waals surface area contributed by atoms with Gasteiger partial charge in [0.05, 0.1) is 35.9 Å². The summed E-state index contributed by atoms with van der Waals surface area (Å²) < 4.78 is 29.4. The summed E-state index contributed by atoms with van der Waals surface area (Å²) >= 11 is 1.14. The van der Waals surface area contributed by atoms with Crippen molar-refractivity contribution in [3.05, 3.63) is 89.3 Å². The molecule has 0 aliphatic heterocycles. The van der Waals surface area contributed by atoms with Crippen molar-refractivity contribution in [2.75, 3.05) is 5.32 Å². The van der Waals surface area contributed by atoms with Gasteiger partial charge in [-0.3, -0.25) is 9.48 Å². The number of hydrogen-bond acceptors (Lipinski definition) is 6. The van der Waals surface area contributed by atoms with Gasteiger partial charge in [-0.25, -0.2) is 4.39 Å². The number of nitrogens with one attached hydrogen (secondary N) is 1. The van der Waals surface area contributed by atoms with Gasteiger partial charge in [0, 0.05) is 17.3 Å². The smallest absolute Gasteiger partial charge is 0.255 e. The molecule has 0 saturated heterocycles. The highest BCUT2D eigenvalue weighted by Crippen LogP contribution is 2.18. The Kier molecular flexibility index (Phi) is 5.80. The van der Waals surface area contributed by atoms with E-state index in [-0.39, 0.29) is 24.9 Å². The number of aryl methyl sites for hydroxylation is 1. The van der Waals surface area contributed by atoms with Crippen molar-refractivity contribution in [1.82, 2.24) is 18.5 Å². The van der Waals surface area contributed by atoms with E-state index in [9.17, 15) is 9.18 Å². The lowest BCUT2D eigenvalue weighted by Crippen LogP contribution is -2.11. The Balaban J connectivity index is 1.39. The van der Waals surface area contributed by atoms with E-state index in [4.69, 9.17) is 4.74 Å². The van der Waals surface area contributed by atoms with Crippen LogP contribution in [0.15, 0.2) is 60.9 Å². The van der Waals surface area contributed by atoms with Crippen LogP contribution in [0.5, 0.6) is 5.75 Å². The zero-order valence-electron chi connectivity index (χ0n) is 16.1. The van der Waals surface area contributed by atoms with Crippen molar-refractivity contribution >= 4 is 23.3 Å². The minimum Gasteiger partial charge on any atom is -0.487 e. The Morgan fingerprint density at radius 1 is 1.20 bits per heavy atom. The fourth-order valence-electron chi connectivity index (χ4n) is 2.78. The van der Waals surface area contributed by atoms with Crippen LogP contribution in [0.3, 0.4) is 0 Å². The summed E-state index contributed by atoms with van der Waals surface area (Å²) in [4.78, 5) is 12.6. The molecule has 2 heterocycles. The van der Waals surface area contributed by atoms with Gasteiger partial charge >= 0.3 is 0 Å². The van der Waals surface area contributed by atoms with Gasteiger partial charge < -0.3 is 10.1 Å². The number of anilines is 1. The number of carbonyl (C=O) groups excluding carboxylic acids is 1. The topological polar surface area (TPSA) is 81.9 Å². The molecule has 0 aliphatic carbocycles. The zero-order valence-corrected chi connectivity index (χ0v) is 16.9. The van der Waals surface area contributed by atoms with Crippen molar-refractivity contribution < 1.29 is 13.9 Å². The van der Waals surface area contributed by atoms with Gasteiger partial charge in [-0.05, 0) is 31.2 Å². The highest BCUT2D eigenvalue weighted by molar-refractivity contribution is 6.99. The van der Waals surface area contributed by atoms with Gasteiger partial charge in [0.2, 0.25) is 0 Å². The van der Waals surface area contributed by atoms with Crippen molar-refractivity contribution in [3.63, 3.8) is 0 Å². The Labute approximate surface area is 176 Å². The second kappa shape index (κ2) is 8.83. The summed E-state index contributed by atoms with van der Waals surface area (Å²) in [6, 6.07) is 13.4. The van der Waals surface area contributed by atoms with Gasteiger partial charge in [-0.1, -0.05) is 24.3 Å². The average Bonchev–Trinajstić information content (AvgIpc) is 3.37. The standard InChI is InChI=1S/C21H18FN5O2S/c1-14-20(26-30-25-14)13-29-18-7-4-6-15(9-18)21(28)24-17-10-23-27(12-17)11-16-5-2-3-8-19(16)22/h2-10,12H,11,13H2,1H3,(H,24,28). The Hall–Kier alpha value is -3.59. The fourth-order valence-corrected chi connectivity index (χ4v) is 3.33. The molecular weight excluding hydrogens is 405 g/mol. The number of hydrogen-bond donors (Lipinski definition) is 1. The molecule has 0 saturated carbocycles. The fraction of sp³-hybridized carbons (Fsp3) is 0.143. The molecular formula is C21H18FN5O2S. The normalized spacial score (nSPS) is 10.7. The van der Waals surface area contributed by atoms with Crippen LogP contribution in [0.25, 0.3) is 0 Å². The second-order valence-electron chi connectivity index (χ2n) is 6.58. The first-order valence-electron chi connectivity index (χ1n) is 9.16. The van der Waals surface area contributed by atoms with E-state index in [1.807, 2.05) is 6.92 Å². The summed E-state index contributed by atoms with van der Waals surface area (Å²) in [7, 11) is 0. The summed E-state index contributed by atoms with van der Waals surface area (Å²) in [5.41, 5.74) is 3.10. The minimum absolute atomic E-state index is 0.275. The van der Waals surface area contributed by atoms with Crippen molar-refractivity contribution in [2.45, 2.75) is 20.1 Å². The molecule has 0 aliphatic rings. The molecule has 4 aromatic rings. The van der Waals surface area contributed by atoms with Crippen LogP contribution < -0.4 is 10.1 Å². The lowest BCUT2D eigenvalue weighted by Gasteiger charge is -2.07. The lowest BCUT2D eigenvalue weighted by atomic mass is 10.2. The number of nitrogens with zero attached hydrogens (tertiary/aromatic N) is 4. The lowest BCUT2D eigenvalue weighted by molar-refractivity contribution is 0.102. The minimum atomic E-state index is -0.294. The number of rotatable bonds is 7. The molecule has 9 heteroatoms. The molecule has 0 radical (unpaired) electrons. The Morgan fingerprint density at radius 3 is 2.87 bits per heavy atom. The predicted molar refractivity (Wildman–Crippen MR) is 111 cm³/mol. The van der Waals surface area contributed by atoms with Gasteiger partial charge in [0.15, 0.2) is 0 Å². The van der Waals surface area contributed by atoms with E-state index in [0.717, 1.165) is 23.1 Å². The molecule has 1 amide bonds. The van der Waals surface area contributed by atoms with Crippen LogP contribution in [0.1, 0.15) is 27.3 Å². The van der Waals surface area contributed by atoms with Crippen LogP contribution >= 0.6 is 11.7 Å². The second-order valence-corrected chi connectivity index (χ2v) is 7.11. The van der Waals surface area contributed by atoms with Gasteiger partial charge in [-0.15, -0.1) is 0 Å². The van der Waals surface area contributed by atoms with Crippen LogP contribution in [-0.4, -0.2) is 24.4 Å². The third kappa shape index (κ3) is 4.69. The SMILES string of the molecule is Cc1nsnc1COc1cccc(C(=O)Nc2cnn(Cc3ccccc3F)c2)c1. The molecule has 0 unspecified atom stereocenters. The molecule has 0 spiro atoms.